The van der Waals surface area contributed by atoms with E-state index in [0.29, 0.717) is 18.8 Å². The number of hydrogen-bond acceptors (Lipinski definition) is 4. The number of nitrogens with zero attached hydrogens (tertiary/aromatic N) is 1. The maximum atomic E-state index is 11.4. The molecule has 17 heavy (non-hydrogen) atoms. The number of pyridine rings is 1. The fraction of sp³-hybridized carbons (Fsp3) is 0.444. The van der Waals surface area contributed by atoms with Crippen LogP contribution in [0.1, 0.15) is 0 Å². The van der Waals surface area contributed by atoms with Gasteiger partial charge in [-0.3, -0.25) is 9.52 Å². The van der Waals surface area contributed by atoms with Gasteiger partial charge in [-0.25, -0.2) is 8.42 Å². The van der Waals surface area contributed by atoms with Crippen LogP contribution in [0.2, 0.25) is 0 Å². The highest BCUT2D eigenvalue weighted by atomic mass is 79.9. The zero-order chi connectivity index (χ0) is 12.9. The lowest BCUT2D eigenvalue weighted by atomic mass is 10.4. The lowest BCUT2D eigenvalue weighted by Crippen LogP contribution is -2.22. The molecular weight excluding hydrogens is 312 g/mol. The minimum Gasteiger partial charge on any atom is -0.383 e. The summed E-state index contributed by atoms with van der Waals surface area (Å²) in [6.07, 6.45) is 1.45. The van der Waals surface area contributed by atoms with Gasteiger partial charge < -0.3 is 9.30 Å². The first-order valence-electron chi connectivity index (χ1n) is 4.74. The number of aromatic nitrogens is 1. The Balaban J connectivity index is 2.92. The maximum Gasteiger partial charge on any atom is 0.250 e. The van der Waals surface area contributed by atoms with E-state index in [1.54, 1.807) is 0 Å². The van der Waals surface area contributed by atoms with Crippen molar-refractivity contribution in [2.75, 3.05) is 23.1 Å². The van der Waals surface area contributed by atoms with E-state index < -0.39 is 10.0 Å². The Morgan fingerprint density at radius 2 is 2.18 bits per heavy atom. The van der Waals surface area contributed by atoms with Gasteiger partial charge in [-0.1, -0.05) is 15.9 Å². The molecule has 0 saturated carbocycles. The van der Waals surface area contributed by atoms with E-state index in [1.165, 1.54) is 30.0 Å². The Kier molecular flexibility index (Phi) is 5.16. The van der Waals surface area contributed by atoms with Crippen LogP contribution in [0.15, 0.2) is 23.1 Å². The first kappa shape index (κ1) is 14.2. The Morgan fingerprint density at radius 1 is 1.47 bits per heavy atom. The number of alkyl halides is 1. The van der Waals surface area contributed by atoms with Gasteiger partial charge >= 0.3 is 0 Å². The third-order valence-electron chi connectivity index (χ3n) is 1.94. The van der Waals surface area contributed by atoms with Gasteiger partial charge in [0.05, 0.1) is 12.3 Å². The molecule has 1 N–H and O–H groups in total. The van der Waals surface area contributed by atoms with Crippen LogP contribution in [0.25, 0.3) is 0 Å². The first-order valence-corrected chi connectivity index (χ1v) is 7.52. The smallest absolute Gasteiger partial charge is 0.250 e. The largest absolute Gasteiger partial charge is 0.383 e. The molecule has 8 heteroatoms. The highest BCUT2D eigenvalue weighted by molar-refractivity contribution is 9.10. The second-order valence-electron chi connectivity index (χ2n) is 3.27. The predicted molar refractivity (Wildman–Crippen MR) is 68.9 cm³/mol. The molecule has 1 rings (SSSR count). The molecule has 0 aliphatic rings. The molecule has 0 spiro atoms. The van der Waals surface area contributed by atoms with Crippen LogP contribution in [0.5, 0.6) is 0 Å². The highest BCUT2D eigenvalue weighted by Crippen LogP contribution is 2.07. The second kappa shape index (κ2) is 6.18. The fourth-order valence-electron chi connectivity index (χ4n) is 1.16. The number of halogens is 1. The number of sulfonamides is 1. The second-order valence-corrected chi connectivity index (χ2v) is 6.29. The monoisotopic (exact) mass is 324 g/mol. The summed E-state index contributed by atoms with van der Waals surface area (Å²) in [5.41, 5.74) is 0.143. The van der Waals surface area contributed by atoms with Crippen LogP contribution >= 0.6 is 15.9 Å². The molecule has 0 aliphatic heterocycles. The molecule has 0 aromatic carbocycles. The lowest BCUT2D eigenvalue weighted by Gasteiger charge is -2.09. The van der Waals surface area contributed by atoms with Crippen molar-refractivity contribution in [1.29, 1.82) is 0 Å². The van der Waals surface area contributed by atoms with Crippen molar-refractivity contribution < 1.29 is 13.2 Å². The number of ether oxygens (including phenoxy) is 1. The molecule has 96 valence electrons. The van der Waals surface area contributed by atoms with Crippen molar-refractivity contribution in [3.8, 4) is 0 Å². The summed E-state index contributed by atoms with van der Waals surface area (Å²) < 4.78 is 31.0. The van der Waals surface area contributed by atoms with E-state index in [4.69, 9.17) is 4.74 Å². The Bertz CT molecular complexity index is 526. The standard InChI is InChI=1S/C9H13BrN2O4S/c1-16-5-4-12-6-8(2-3-9(12)13)11-17(14,15)7-10/h2-3,6,11H,4-5,7H2,1H3. The predicted octanol–water partition coefficient (Wildman–Crippen LogP) is 0.589. The summed E-state index contributed by atoms with van der Waals surface area (Å²) >= 11 is 2.86. The van der Waals surface area contributed by atoms with E-state index in [1.807, 2.05) is 0 Å². The molecule has 1 heterocycles. The summed E-state index contributed by atoms with van der Waals surface area (Å²) in [5.74, 6) is 0. The number of anilines is 1. The minimum atomic E-state index is -3.40. The quantitative estimate of drug-likeness (QED) is 0.777. The summed E-state index contributed by atoms with van der Waals surface area (Å²) in [5, 5.41) is 0. The van der Waals surface area contributed by atoms with Gasteiger partial charge in [-0.15, -0.1) is 0 Å². The highest BCUT2D eigenvalue weighted by Gasteiger charge is 2.08. The average Bonchev–Trinajstić information content (AvgIpc) is 2.29. The van der Waals surface area contributed by atoms with Crippen LogP contribution < -0.4 is 10.3 Å². The first-order chi connectivity index (χ1) is 7.98. The molecule has 6 nitrogen and oxygen atoms in total. The van der Waals surface area contributed by atoms with Gasteiger partial charge in [0.15, 0.2) is 0 Å². The maximum absolute atomic E-state index is 11.4. The van der Waals surface area contributed by atoms with Crippen molar-refractivity contribution >= 4 is 31.6 Å². The molecule has 0 amide bonds. The topological polar surface area (TPSA) is 77.4 Å². The van der Waals surface area contributed by atoms with E-state index in [9.17, 15) is 13.2 Å². The summed E-state index contributed by atoms with van der Waals surface area (Å²) in [6, 6.07) is 2.73. The minimum absolute atomic E-state index is 0.197. The lowest BCUT2D eigenvalue weighted by molar-refractivity contribution is 0.186. The van der Waals surface area contributed by atoms with Crippen LogP contribution in [0, 0.1) is 0 Å². The Labute approximate surface area is 108 Å². The zero-order valence-electron chi connectivity index (χ0n) is 9.22. The Hall–Kier alpha value is -0.860. The van der Waals surface area contributed by atoms with Gasteiger partial charge in [0.25, 0.3) is 5.56 Å². The molecule has 0 atom stereocenters. The van der Waals surface area contributed by atoms with Gasteiger partial charge in [0.2, 0.25) is 10.0 Å². The van der Waals surface area contributed by atoms with Crippen LogP contribution in [0.4, 0.5) is 5.69 Å². The van der Waals surface area contributed by atoms with Crippen molar-refractivity contribution in [3.05, 3.63) is 28.7 Å². The average molecular weight is 325 g/mol. The van der Waals surface area contributed by atoms with Crippen molar-refractivity contribution in [3.63, 3.8) is 0 Å². The molecule has 1 aromatic rings. The molecule has 0 unspecified atom stereocenters. The van der Waals surface area contributed by atoms with Crippen LogP contribution in [-0.2, 0) is 21.3 Å². The summed E-state index contributed by atoms with van der Waals surface area (Å²) in [7, 11) is -1.87. The van der Waals surface area contributed by atoms with Crippen molar-refractivity contribution in [1.82, 2.24) is 4.57 Å². The van der Waals surface area contributed by atoms with Gasteiger partial charge in [-0.05, 0) is 6.07 Å². The Morgan fingerprint density at radius 3 is 2.76 bits per heavy atom. The van der Waals surface area contributed by atoms with E-state index in [2.05, 4.69) is 20.7 Å². The third-order valence-corrected chi connectivity index (χ3v) is 4.58. The summed E-state index contributed by atoms with van der Waals surface area (Å²) in [6.45, 7) is 0.758. The summed E-state index contributed by atoms with van der Waals surface area (Å²) in [4.78, 5) is 11.4. The SMILES string of the molecule is COCCn1cc(NS(=O)(=O)CBr)ccc1=O. The normalized spacial score (nSPS) is 11.4. The molecule has 0 radical (unpaired) electrons. The molecule has 0 aliphatic carbocycles. The fourth-order valence-corrected chi connectivity index (χ4v) is 2.04. The molecule has 1 aromatic heterocycles. The van der Waals surface area contributed by atoms with Crippen LogP contribution in [-0.4, -0.2) is 31.4 Å². The van der Waals surface area contributed by atoms with Crippen molar-refractivity contribution in [2.45, 2.75) is 6.54 Å². The zero-order valence-corrected chi connectivity index (χ0v) is 11.6. The van der Waals surface area contributed by atoms with Gasteiger partial charge in [-0.2, -0.15) is 0 Å². The molecule has 0 fully saturated rings. The molecule has 0 bridgehead atoms. The van der Waals surface area contributed by atoms with E-state index in [-0.39, 0.29) is 10.2 Å². The van der Waals surface area contributed by atoms with Gasteiger partial charge in [0, 0.05) is 25.9 Å². The third kappa shape index (κ3) is 4.49. The van der Waals surface area contributed by atoms with Gasteiger partial charge in [0.1, 0.15) is 4.66 Å². The van der Waals surface area contributed by atoms with Crippen LogP contribution in [0.3, 0.4) is 0 Å². The van der Waals surface area contributed by atoms with Crippen molar-refractivity contribution in [2.24, 2.45) is 0 Å². The van der Waals surface area contributed by atoms with E-state index in [0.717, 1.165) is 0 Å². The number of methoxy groups -OCH3 is 1. The van der Waals surface area contributed by atoms with E-state index >= 15 is 0 Å². The number of rotatable bonds is 6. The molecule has 0 saturated heterocycles. The number of nitrogens with one attached hydrogen (secondary N) is 1. The number of hydrogen-bond donors (Lipinski definition) is 1. The molecular formula is C9H13BrN2O4S.